The molecule has 0 aromatic carbocycles. The fourth-order valence-electron chi connectivity index (χ4n) is 0.769. The van der Waals surface area contributed by atoms with E-state index in [-0.39, 0.29) is 29.6 Å². The van der Waals surface area contributed by atoms with Crippen LogP contribution in [-0.2, 0) is 14.3 Å². The molecule has 0 heterocycles. The Balaban J connectivity index is 0. The molecule has 0 aliphatic heterocycles. The van der Waals surface area contributed by atoms with Crippen molar-refractivity contribution in [3.63, 3.8) is 0 Å². The van der Waals surface area contributed by atoms with Crippen LogP contribution in [0.2, 0.25) is 0 Å². The number of ketones is 1. The molecule has 0 spiro atoms. The molecule has 3 nitrogen and oxygen atoms in total. The van der Waals surface area contributed by atoms with Gasteiger partial charge in [0.05, 0.1) is 7.11 Å². The van der Waals surface area contributed by atoms with Crippen LogP contribution < -0.4 is 0 Å². The van der Waals surface area contributed by atoms with Crippen LogP contribution in [0.15, 0.2) is 0 Å². The van der Waals surface area contributed by atoms with E-state index in [4.69, 9.17) is 4.79 Å². The zero-order valence-corrected chi connectivity index (χ0v) is 9.13. The molecule has 1 fully saturated rings. The third-order valence-corrected chi connectivity index (χ3v) is 1.26. The minimum atomic E-state index is 0. The second kappa shape index (κ2) is 10.1. The SMILES string of the molecule is COC=O.O=C1CCCC1.[Na]. The Hall–Kier alpha value is 0.140. The van der Waals surface area contributed by atoms with E-state index in [0.717, 1.165) is 25.7 Å². The summed E-state index contributed by atoms with van der Waals surface area (Å²) >= 11 is 0. The van der Waals surface area contributed by atoms with Crippen LogP contribution in [-0.4, -0.2) is 48.9 Å². The summed E-state index contributed by atoms with van der Waals surface area (Å²) in [6.07, 6.45) is 3.97. The molecule has 0 unspecified atom stereocenters. The van der Waals surface area contributed by atoms with Crippen LogP contribution in [0.25, 0.3) is 0 Å². The normalized spacial score (nSPS) is 14.1. The molecule has 1 aliphatic carbocycles. The number of Topliss-reactive ketones (excluding diaryl/α,β-unsaturated/α-hetero) is 1. The molecule has 0 saturated heterocycles. The number of ether oxygens (including phenoxy) is 1. The molecule has 1 rings (SSSR count). The Bertz CT molecular complexity index is 106. The van der Waals surface area contributed by atoms with Gasteiger partial charge >= 0.3 is 0 Å². The molecule has 0 aromatic heterocycles. The number of hydrogen-bond acceptors (Lipinski definition) is 3. The first-order valence-corrected chi connectivity index (χ1v) is 3.29. The maximum Gasteiger partial charge on any atom is 0.292 e. The van der Waals surface area contributed by atoms with E-state index in [1.807, 2.05) is 0 Å². The topological polar surface area (TPSA) is 43.4 Å². The van der Waals surface area contributed by atoms with E-state index in [2.05, 4.69) is 4.74 Å². The average molecular weight is 167 g/mol. The molecule has 0 N–H and O–H groups in total. The number of carbonyl (C=O) groups is 2. The molecule has 11 heavy (non-hydrogen) atoms. The van der Waals surface area contributed by atoms with Crippen molar-refractivity contribution in [2.24, 2.45) is 0 Å². The molecule has 0 aromatic rings. The molecule has 1 aliphatic rings. The largest absolute Gasteiger partial charge is 0.471 e. The standard InChI is InChI=1S/C5H8O.C2H4O2.Na/c6-5-3-1-2-4-5;1-4-2-3;/h1-4H2;2H,1H3;. The summed E-state index contributed by atoms with van der Waals surface area (Å²) in [4.78, 5) is 19.2. The first-order chi connectivity index (χ1) is 4.81. The van der Waals surface area contributed by atoms with Gasteiger partial charge in [0.25, 0.3) is 6.47 Å². The quantitative estimate of drug-likeness (QED) is 0.423. The van der Waals surface area contributed by atoms with E-state index < -0.39 is 0 Å². The van der Waals surface area contributed by atoms with Gasteiger partial charge in [-0.05, 0) is 12.8 Å². The minimum absolute atomic E-state index is 0. The fourth-order valence-corrected chi connectivity index (χ4v) is 0.769. The number of methoxy groups -OCH3 is 1. The summed E-state index contributed by atoms with van der Waals surface area (Å²) in [6.45, 7) is 0.375. The Morgan fingerprint density at radius 3 is 1.82 bits per heavy atom. The number of carbonyl (C=O) groups excluding carboxylic acids is 2. The van der Waals surface area contributed by atoms with Gasteiger partial charge < -0.3 is 4.74 Å². The van der Waals surface area contributed by atoms with Crippen LogP contribution in [0.4, 0.5) is 0 Å². The maximum atomic E-state index is 10.2. The van der Waals surface area contributed by atoms with Crippen molar-refractivity contribution < 1.29 is 14.3 Å². The summed E-state index contributed by atoms with van der Waals surface area (Å²) in [7, 11) is 1.31. The predicted molar refractivity (Wildman–Crippen MR) is 42.3 cm³/mol. The number of hydrogen-bond donors (Lipinski definition) is 0. The zero-order valence-electron chi connectivity index (χ0n) is 7.13. The van der Waals surface area contributed by atoms with Crippen molar-refractivity contribution in [2.45, 2.75) is 25.7 Å². The summed E-state index contributed by atoms with van der Waals surface area (Å²) in [5.41, 5.74) is 0. The predicted octanol–water partition coefficient (Wildman–Crippen LogP) is 0.538. The van der Waals surface area contributed by atoms with E-state index in [1.165, 1.54) is 7.11 Å². The smallest absolute Gasteiger partial charge is 0.292 e. The summed E-state index contributed by atoms with van der Waals surface area (Å²) in [5.74, 6) is 0.454. The average Bonchev–Trinajstić information content (AvgIpc) is 2.40. The first kappa shape index (κ1) is 13.7. The van der Waals surface area contributed by atoms with Crippen LogP contribution in [0.5, 0.6) is 0 Å². The Labute approximate surface area is 88.8 Å². The first-order valence-electron chi connectivity index (χ1n) is 3.29. The summed E-state index contributed by atoms with van der Waals surface area (Å²) in [6, 6.07) is 0. The van der Waals surface area contributed by atoms with E-state index in [9.17, 15) is 4.79 Å². The van der Waals surface area contributed by atoms with E-state index in [0.29, 0.717) is 12.3 Å². The zero-order chi connectivity index (χ0) is 7.82. The monoisotopic (exact) mass is 167 g/mol. The van der Waals surface area contributed by atoms with Gasteiger partial charge in [0.1, 0.15) is 5.78 Å². The van der Waals surface area contributed by atoms with Gasteiger partial charge in [0.2, 0.25) is 0 Å². The third-order valence-electron chi connectivity index (χ3n) is 1.26. The number of rotatable bonds is 1. The van der Waals surface area contributed by atoms with Crippen LogP contribution >= 0.6 is 0 Å². The summed E-state index contributed by atoms with van der Waals surface area (Å²) in [5, 5.41) is 0. The van der Waals surface area contributed by atoms with Crippen molar-refractivity contribution in [2.75, 3.05) is 7.11 Å². The van der Waals surface area contributed by atoms with E-state index >= 15 is 0 Å². The molecule has 4 heteroatoms. The van der Waals surface area contributed by atoms with Crippen LogP contribution in [0.1, 0.15) is 25.7 Å². The van der Waals surface area contributed by atoms with Crippen molar-refractivity contribution >= 4 is 41.8 Å². The summed E-state index contributed by atoms with van der Waals surface area (Å²) < 4.78 is 3.86. The van der Waals surface area contributed by atoms with Gasteiger partial charge in [0.15, 0.2) is 0 Å². The second-order valence-corrected chi connectivity index (χ2v) is 2.08. The fraction of sp³-hybridized carbons (Fsp3) is 0.714. The Morgan fingerprint density at radius 1 is 1.36 bits per heavy atom. The molecule has 1 saturated carbocycles. The van der Waals surface area contributed by atoms with Gasteiger partial charge in [-0.15, -0.1) is 0 Å². The Kier molecular flexibility index (Phi) is 12.6. The molecule has 1 radical (unpaired) electrons. The molecular weight excluding hydrogens is 155 g/mol. The van der Waals surface area contributed by atoms with Gasteiger partial charge in [-0.2, -0.15) is 0 Å². The minimum Gasteiger partial charge on any atom is -0.471 e. The second-order valence-electron chi connectivity index (χ2n) is 2.08. The van der Waals surface area contributed by atoms with Crippen molar-refractivity contribution in [1.82, 2.24) is 0 Å². The van der Waals surface area contributed by atoms with Crippen molar-refractivity contribution in [3.8, 4) is 0 Å². The molecule has 0 amide bonds. The van der Waals surface area contributed by atoms with Gasteiger partial charge in [-0.25, -0.2) is 0 Å². The molecule has 0 atom stereocenters. The van der Waals surface area contributed by atoms with Gasteiger partial charge in [-0.1, -0.05) is 0 Å². The third kappa shape index (κ3) is 10.1. The Morgan fingerprint density at radius 2 is 1.73 bits per heavy atom. The van der Waals surface area contributed by atoms with Gasteiger partial charge in [-0.3, -0.25) is 9.59 Å². The van der Waals surface area contributed by atoms with Crippen LogP contribution in [0, 0.1) is 0 Å². The molecular formula is C7H12NaO3. The van der Waals surface area contributed by atoms with Crippen LogP contribution in [0.3, 0.4) is 0 Å². The van der Waals surface area contributed by atoms with Gasteiger partial charge in [0, 0.05) is 42.4 Å². The maximum absolute atomic E-state index is 10.2. The van der Waals surface area contributed by atoms with E-state index in [1.54, 1.807) is 0 Å². The molecule has 59 valence electrons. The molecule has 0 bridgehead atoms. The van der Waals surface area contributed by atoms with Crippen molar-refractivity contribution in [1.29, 1.82) is 0 Å². The van der Waals surface area contributed by atoms with Crippen molar-refractivity contribution in [3.05, 3.63) is 0 Å².